The molecule has 1 heteroatoms. The Labute approximate surface area is 128 Å². The number of hydrogen-bond acceptors (Lipinski definition) is 1. The highest BCUT2D eigenvalue weighted by molar-refractivity contribution is 4.92. The molecule has 2 atom stereocenters. The molecule has 0 aromatic rings. The van der Waals surface area contributed by atoms with E-state index in [1.165, 1.54) is 96.3 Å². The Morgan fingerprint density at radius 3 is 1.90 bits per heavy atom. The summed E-state index contributed by atoms with van der Waals surface area (Å²) in [5, 5.41) is 0. The minimum absolute atomic E-state index is 0.209. The van der Waals surface area contributed by atoms with Crippen molar-refractivity contribution in [3.63, 3.8) is 0 Å². The van der Waals surface area contributed by atoms with Crippen molar-refractivity contribution in [3.8, 4) is 0 Å². The third kappa shape index (κ3) is 7.67. The van der Waals surface area contributed by atoms with E-state index in [-0.39, 0.29) is 5.54 Å². The van der Waals surface area contributed by atoms with Crippen molar-refractivity contribution in [1.82, 2.24) is 0 Å². The Bertz CT molecular complexity index is 226. The van der Waals surface area contributed by atoms with Gasteiger partial charge in [-0.3, -0.25) is 0 Å². The highest BCUT2D eigenvalue weighted by Crippen LogP contribution is 2.37. The van der Waals surface area contributed by atoms with Crippen LogP contribution in [0, 0.1) is 5.92 Å². The highest BCUT2D eigenvalue weighted by atomic mass is 14.8. The molecule has 2 unspecified atom stereocenters. The Morgan fingerprint density at radius 1 is 0.850 bits per heavy atom. The lowest BCUT2D eigenvalue weighted by Gasteiger charge is -2.24. The first-order valence-corrected chi connectivity index (χ1v) is 9.49. The van der Waals surface area contributed by atoms with E-state index in [0.29, 0.717) is 0 Å². The van der Waals surface area contributed by atoms with Gasteiger partial charge in [0.05, 0.1) is 0 Å². The summed E-state index contributed by atoms with van der Waals surface area (Å²) in [7, 11) is 0. The van der Waals surface area contributed by atoms with Crippen molar-refractivity contribution in [2.45, 2.75) is 116 Å². The van der Waals surface area contributed by atoms with Gasteiger partial charge in [0.1, 0.15) is 0 Å². The number of nitrogens with two attached hydrogens (primary N) is 1. The Balaban J connectivity index is 1.87. The SMILES string of the molecule is CCCCCCCCCCCCC1(N)CCC(CC)C1. The van der Waals surface area contributed by atoms with Gasteiger partial charge in [0.2, 0.25) is 0 Å². The normalized spacial score (nSPS) is 26.2. The Morgan fingerprint density at radius 2 is 1.40 bits per heavy atom. The molecule has 120 valence electrons. The van der Waals surface area contributed by atoms with Gasteiger partial charge in [-0.2, -0.15) is 0 Å². The first-order chi connectivity index (χ1) is 9.70. The van der Waals surface area contributed by atoms with Crippen LogP contribution in [0.5, 0.6) is 0 Å². The van der Waals surface area contributed by atoms with Gasteiger partial charge in [-0.15, -0.1) is 0 Å². The van der Waals surface area contributed by atoms with Crippen LogP contribution < -0.4 is 5.73 Å². The van der Waals surface area contributed by atoms with Crippen LogP contribution in [0.15, 0.2) is 0 Å². The summed E-state index contributed by atoms with van der Waals surface area (Å²) in [6.07, 6.45) is 20.8. The minimum Gasteiger partial charge on any atom is -0.325 e. The molecule has 1 aliphatic rings. The van der Waals surface area contributed by atoms with Gasteiger partial charge in [-0.1, -0.05) is 84.5 Å². The van der Waals surface area contributed by atoms with Crippen LogP contribution in [0.4, 0.5) is 0 Å². The summed E-state index contributed by atoms with van der Waals surface area (Å²) in [6.45, 7) is 4.61. The molecule has 0 radical (unpaired) electrons. The van der Waals surface area contributed by atoms with E-state index in [1.54, 1.807) is 0 Å². The van der Waals surface area contributed by atoms with Crippen molar-refractivity contribution in [3.05, 3.63) is 0 Å². The van der Waals surface area contributed by atoms with Crippen molar-refractivity contribution in [2.24, 2.45) is 11.7 Å². The zero-order valence-electron chi connectivity index (χ0n) is 14.3. The van der Waals surface area contributed by atoms with E-state index >= 15 is 0 Å². The molecule has 0 heterocycles. The second-order valence-corrected chi connectivity index (χ2v) is 7.31. The van der Waals surface area contributed by atoms with Crippen molar-refractivity contribution < 1.29 is 0 Å². The van der Waals surface area contributed by atoms with Crippen LogP contribution in [-0.2, 0) is 0 Å². The number of rotatable bonds is 12. The summed E-state index contributed by atoms with van der Waals surface area (Å²) in [4.78, 5) is 0. The quantitative estimate of drug-likeness (QED) is 0.423. The van der Waals surface area contributed by atoms with E-state index in [9.17, 15) is 0 Å². The third-order valence-electron chi connectivity index (χ3n) is 5.35. The molecular formula is C19H39N. The molecule has 1 nitrogen and oxygen atoms in total. The second kappa shape index (κ2) is 10.7. The molecule has 0 saturated heterocycles. The highest BCUT2D eigenvalue weighted by Gasteiger charge is 2.33. The van der Waals surface area contributed by atoms with Gasteiger partial charge in [-0.25, -0.2) is 0 Å². The summed E-state index contributed by atoms with van der Waals surface area (Å²) < 4.78 is 0. The molecule has 1 rings (SSSR count). The third-order valence-corrected chi connectivity index (χ3v) is 5.35. The molecule has 0 bridgehead atoms. The maximum atomic E-state index is 6.53. The zero-order valence-corrected chi connectivity index (χ0v) is 14.3. The first kappa shape index (κ1) is 18.0. The van der Waals surface area contributed by atoms with Crippen LogP contribution in [-0.4, -0.2) is 5.54 Å². The van der Waals surface area contributed by atoms with Crippen molar-refractivity contribution >= 4 is 0 Å². The molecule has 1 saturated carbocycles. The fraction of sp³-hybridized carbons (Fsp3) is 1.00. The summed E-state index contributed by atoms with van der Waals surface area (Å²) in [5.74, 6) is 0.920. The number of hydrogen-bond donors (Lipinski definition) is 1. The lowest BCUT2D eigenvalue weighted by atomic mass is 9.90. The van der Waals surface area contributed by atoms with E-state index in [4.69, 9.17) is 5.73 Å². The van der Waals surface area contributed by atoms with Crippen molar-refractivity contribution in [2.75, 3.05) is 0 Å². The molecule has 0 spiro atoms. The zero-order chi connectivity index (χ0) is 14.7. The van der Waals surface area contributed by atoms with E-state index in [2.05, 4.69) is 13.8 Å². The fourth-order valence-corrected chi connectivity index (χ4v) is 3.81. The summed E-state index contributed by atoms with van der Waals surface area (Å²) >= 11 is 0. The van der Waals surface area contributed by atoms with Gasteiger partial charge < -0.3 is 5.73 Å². The van der Waals surface area contributed by atoms with Gasteiger partial charge in [0, 0.05) is 5.54 Å². The maximum Gasteiger partial charge on any atom is 0.0157 e. The topological polar surface area (TPSA) is 26.0 Å². The molecule has 0 aliphatic heterocycles. The van der Waals surface area contributed by atoms with Gasteiger partial charge in [-0.05, 0) is 31.6 Å². The Hall–Kier alpha value is -0.0400. The average molecular weight is 282 g/mol. The van der Waals surface area contributed by atoms with Crippen LogP contribution in [0.1, 0.15) is 110 Å². The largest absolute Gasteiger partial charge is 0.325 e. The van der Waals surface area contributed by atoms with Gasteiger partial charge in [0.25, 0.3) is 0 Å². The molecule has 1 fully saturated rings. The lowest BCUT2D eigenvalue weighted by molar-refractivity contribution is 0.364. The minimum atomic E-state index is 0.209. The predicted molar refractivity (Wildman–Crippen MR) is 91.0 cm³/mol. The van der Waals surface area contributed by atoms with E-state index < -0.39 is 0 Å². The molecule has 2 N–H and O–H groups in total. The number of unbranched alkanes of at least 4 members (excludes halogenated alkanes) is 9. The average Bonchev–Trinajstić information content (AvgIpc) is 2.83. The predicted octanol–water partition coefficient (Wildman–Crippen LogP) is 6.21. The maximum absolute atomic E-state index is 6.53. The van der Waals surface area contributed by atoms with Crippen molar-refractivity contribution in [1.29, 1.82) is 0 Å². The molecule has 1 aliphatic carbocycles. The molecule has 0 amide bonds. The second-order valence-electron chi connectivity index (χ2n) is 7.31. The summed E-state index contributed by atoms with van der Waals surface area (Å²) in [6, 6.07) is 0. The van der Waals surface area contributed by atoms with Crippen LogP contribution in [0.25, 0.3) is 0 Å². The van der Waals surface area contributed by atoms with E-state index in [0.717, 1.165) is 5.92 Å². The molecule has 0 aromatic heterocycles. The smallest absolute Gasteiger partial charge is 0.0157 e. The molecular weight excluding hydrogens is 242 g/mol. The fourth-order valence-electron chi connectivity index (χ4n) is 3.81. The Kier molecular flexibility index (Phi) is 9.59. The molecule has 20 heavy (non-hydrogen) atoms. The van der Waals surface area contributed by atoms with E-state index in [1.807, 2.05) is 0 Å². The standard InChI is InChI=1S/C19H39N/c1-3-5-6-7-8-9-10-11-12-13-15-19(20)16-14-18(4-2)17-19/h18H,3-17,20H2,1-2H3. The molecule has 0 aromatic carbocycles. The lowest BCUT2D eigenvalue weighted by Crippen LogP contribution is -2.36. The van der Waals surface area contributed by atoms with Crippen LogP contribution >= 0.6 is 0 Å². The summed E-state index contributed by atoms with van der Waals surface area (Å²) in [5.41, 5.74) is 6.74. The van der Waals surface area contributed by atoms with Gasteiger partial charge in [0.15, 0.2) is 0 Å². The monoisotopic (exact) mass is 281 g/mol. The van der Waals surface area contributed by atoms with Gasteiger partial charge >= 0.3 is 0 Å². The van der Waals surface area contributed by atoms with Crippen LogP contribution in [0.2, 0.25) is 0 Å². The van der Waals surface area contributed by atoms with Crippen LogP contribution in [0.3, 0.4) is 0 Å². The first-order valence-electron chi connectivity index (χ1n) is 9.49.